The van der Waals surface area contributed by atoms with Gasteiger partial charge in [0.25, 0.3) is 0 Å². The van der Waals surface area contributed by atoms with Crippen molar-refractivity contribution in [2.75, 3.05) is 11.4 Å². The molecule has 2 aliphatic heterocycles. The maximum absolute atomic E-state index is 13.8. The largest absolute Gasteiger partial charge is 0.342 e. The van der Waals surface area contributed by atoms with Gasteiger partial charge >= 0.3 is 0 Å². The van der Waals surface area contributed by atoms with Crippen molar-refractivity contribution in [3.8, 4) is 23.0 Å². The van der Waals surface area contributed by atoms with E-state index in [4.69, 9.17) is 4.98 Å². The Morgan fingerprint density at radius 3 is 2.91 bits per heavy atom. The molecular formula is C23H23FN8. The van der Waals surface area contributed by atoms with Gasteiger partial charge in [-0.05, 0) is 44.7 Å². The molecule has 1 saturated heterocycles. The van der Waals surface area contributed by atoms with Gasteiger partial charge in [0.05, 0.1) is 6.20 Å². The van der Waals surface area contributed by atoms with Crippen molar-refractivity contribution >= 4 is 5.82 Å². The monoisotopic (exact) mass is 430 g/mol. The minimum Gasteiger partial charge on any atom is -0.342 e. The molecule has 6 rings (SSSR count). The summed E-state index contributed by atoms with van der Waals surface area (Å²) in [6, 6.07) is 6.40. The minimum atomic E-state index is -0.305. The zero-order chi connectivity index (χ0) is 21.9. The van der Waals surface area contributed by atoms with E-state index in [1.807, 2.05) is 25.4 Å². The molecule has 3 aromatic heterocycles. The molecule has 0 saturated carbocycles. The molecule has 4 aromatic rings. The lowest BCUT2D eigenvalue weighted by Gasteiger charge is -2.49. The van der Waals surface area contributed by atoms with Crippen LogP contribution in [0.5, 0.6) is 0 Å². The number of halogens is 1. The van der Waals surface area contributed by atoms with E-state index in [2.05, 4.69) is 36.6 Å². The average Bonchev–Trinajstić information content (AvgIpc) is 3.46. The molecule has 1 unspecified atom stereocenters. The normalized spacial score (nSPS) is 19.4. The number of imidazole rings is 1. The molecule has 8 nitrogen and oxygen atoms in total. The van der Waals surface area contributed by atoms with Crippen molar-refractivity contribution in [3.05, 3.63) is 60.3 Å². The number of benzene rings is 1. The van der Waals surface area contributed by atoms with Gasteiger partial charge in [-0.2, -0.15) is 4.98 Å². The molecule has 0 amide bonds. The Bertz CT molecular complexity index is 1330. The first-order valence-electron chi connectivity index (χ1n) is 11.0. The molecule has 9 heteroatoms. The lowest BCUT2D eigenvalue weighted by atomic mass is 9.82. The Morgan fingerprint density at radius 2 is 2.06 bits per heavy atom. The summed E-state index contributed by atoms with van der Waals surface area (Å²) in [5.41, 5.74) is 1.34. The van der Waals surface area contributed by atoms with Crippen LogP contribution in [0.15, 0.2) is 42.9 Å². The Hall–Kier alpha value is -3.62. The number of aromatic nitrogens is 7. The van der Waals surface area contributed by atoms with Crippen LogP contribution in [0.25, 0.3) is 23.0 Å². The van der Waals surface area contributed by atoms with E-state index in [0.29, 0.717) is 17.3 Å². The second-order valence-corrected chi connectivity index (χ2v) is 8.41. The quantitative estimate of drug-likeness (QED) is 0.490. The fourth-order valence-corrected chi connectivity index (χ4v) is 5.19. The van der Waals surface area contributed by atoms with Crippen molar-refractivity contribution in [1.29, 1.82) is 0 Å². The number of hydrogen-bond donors (Lipinski definition) is 0. The predicted molar refractivity (Wildman–Crippen MR) is 117 cm³/mol. The van der Waals surface area contributed by atoms with Gasteiger partial charge in [0.2, 0.25) is 5.95 Å². The van der Waals surface area contributed by atoms with Crippen LogP contribution < -0.4 is 4.90 Å². The van der Waals surface area contributed by atoms with Crippen LogP contribution >= 0.6 is 0 Å². The van der Waals surface area contributed by atoms with E-state index in [1.54, 1.807) is 16.8 Å². The van der Waals surface area contributed by atoms with Gasteiger partial charge in [0.15, 0.2) is 11.6 Å². The van der Waals surface area contributed by atoms with Crippen molar-refractivity contribution in [2.45, 2.75) is 45.1 Å². The van der Waals surface area contributed by atoms with E-state index in [1.165, 1.54) is 12.1 Å². The van der Waals surface area contributed by atoms with E-state index >= 15 is 0 Å². The number of anilines is 1. The van der Waals surface area contributed by atoms with Gasteiger partial charge in [0.1, 0.15) is 28.7 Å². The fraction of sp³-hybridized carbons (Fsp3) is 0.348. The van der Waals surface area contributed by atoms with Gasteiger partial charge in [-0.1, -0.05) is 19.1 Å². The third-order valence-corrected chi connectivity index (χ3v) is 6.74. The Kier molecular flexibility index (Phi) is 4.14. The number of nitrogens with zero attached hydrogens (tertiary/aromatic N) is 8. The summed E-state index contributed by atoms with van der Waals surface area (Å²) in [4.78, 5) is 16.5. The van der Waals surface area contributed by atoms with Crippen LogP contribution in [0.2, 0.25) is 0 Å². The second kappa shape index (κ2) is 6.94. The predicted octanol–water partition coefficient (Wildman–Crippen LogP) is 3.97. The highest BCUT2D eigenvalue weighted by atomic mass is 19.1. The lowest BCUT2D eigenvalue weighted by Crippen LogP contribution is -2.54. The summed E-state index contributed by atoms with van der Waals surface area (Å²) < 4.78 is 17.8. The third kappa shape index (κ3) is 2.57. The molecule has 5 heterocycles. The molecule has 0 spiro atoms. The second-order valence-electron chi connectivity index (χ2n) is 8.41. The molecule has 32 heavy (non-hydrogen) atoms. The van der Waals surface area contributed by atoms with E-state index in [0.717, 1.165) is 55.4 Å². The van der Waals surface area contributed by atoms with Gasteiger partial charge in [0, 0.05) is 24.5 Å². The Morgan fingerprint density at radius 1 is 1.16 bits per heavy atom. The van der Waals surface area contributed by atoms with Crippen LogP contribution in [-0.2, 0) is 5.54 Å². The van der Waals surface area contributed by atoms with Crippen LogP contribution in [0.1, 0.15) is 44.3 Å². The summed E-state index contributed by atoms with van der Waals surface area (Å²) >= 11 is 0. The zero-order valence-electron chi connectivity index (χ0n) is 18.0. The maximum Gasteiger partial charge on any atom is 0.237 e. The van der Waals surface area contributed by atoms with Gasteiger partial charge in [-0.3, -0.25) is 9.13 Å². The first kappa shape index (κ1) is 19.1. The van der Waals surface area contributed by atoms with E-state index in [9.17, 15) is 4.39 Å². The summed E-state index contributed by atoms with van der Waals surface area (Å²) in [6.07, 6.45) is 9.51. The highest BCUT2D eigenvalue weighted by Crippen LogP contribution is 2.48. The summed E-state index contributed by atoms with van der Waals surface area (Å²) in [6.45, 7) is 5.08. The number of hydrogen-bond acceptors (Lipinski definition) is 6. The molecule has 0 N–H and O–H groups in total. The van der Waals surface area contributed by atoms with Crippen LogP contribution in [0.3, 0.4) is 0 Å². The SMILES string of the molecule is CCC12CCCCN1c1nc(-n3ccnc3-c3cccc(F)c3)ncc1-n1c(C)nnc12. The summed E-state index contributed by atoms with van der Waals surface area (Å²) in [7, 11) is 0. The standard InChI is InChI=1S/C23H23FN8/c1-3-23-9-4-5-11-31(23)20-18(32-15(2)28-29-21(23)32)14-26-22(27-20)30-12-10-25-19(30)16-7-6-8-17(24)13-16/h6-8,10,12-14H,3-5,9,11H2,1-2H3. The topological polar surface area (TPSA) is 77.5 Å². The van der Waals surface area contributed by atoms with Crippen LogP contribution in [0, 0.1) is 12.7 Å². The van der Waals surface area contributed by atoms with Crippen molar-refractivity contribution < 1.29 is 4.39 Å². The molecule has 0 aliphatic carbocycles. The Balaban J connectivity index is 1.54. The zero-order valence-corrected chi connectivity index (χ0v) is 18.0. The first-order valence-corrected chi connectivity index (χ1v) is 11.0. The molecule has 0 bridgehead atoms. The van der Waals surface area contributed by atoms with Crippen LogP contribution in [-0.4, -0.2) is 40.8 Å². The number of aryl methyl sites for hydroxylation is 1. The molecule has 1 fully saturated rings. The molecule has 1 aromatic carbocycles. The van der Waals surface area contributed by atoms with Gasteiger partial charge in [-0.15, -0.1) is 10.2 Å². The highest BCUT2D eigenvalue weighted by Gasteiger charge is 2.48. The third-order valence-electron chi connectivity index (χ3n) is 6.74. The van der Waals surface area contributed by atoms with Gasteiger partial charge < -0.3 is 4.90 Å². The minimum absolute atomic E-state index is 0.224. The lowest BCUT2D eigenvalue weighted by molar-refractivity contribution is 0.274. The number of fused-ring (bicyclic) bond motifs is 6. The highest BCUT2D eigenvalue weighted by molar-refractivity contribution is 5.65. The first-order chi connectivity index (χ1) is 15.6. The van der Waals surface area contributed by atoms with Gasteiger partial charge in [-0.25, -0.2) is 14.4 Å². The molecule has 162 valence electrons. The number of rotatable bonds is 3. The molecule has 1 atom stereocenters. The smallest absolute Gasteiger partial charge is 0.237 e. The summed E-state index contributed by atoms with van der Waals surface area (Å²) in [5.74, 6) is 3.49. The molecular weight excluding hydrogens is 407 g/mol. The molecule has 0 radical (unpaired) electrons. The fourth-order valence-electron chi connectivity index (χ4n) is 5.19. The number of piperidine rings is 1. The van der Waals surface area contributed by atoms with Crippen molar-refractivity contribution in [3.63, 3.8) is 0 Å². The van der Waals surface area contributed by atoms with E-state index in [-0.39, 0.29) is 11.4 Å². The van der Waals surface area contributed by atoms with Crippen LogP contribution in [0.4, 0.5) is 10.2 Å². The van der Waals surface area contributed by atoms with Crippen molar-refractivity contribution in [2.24, 2.45) is 0 Å². The van der Waals surface area contributed by atoms with E-state index < -0.39 is 0 Å². The Labute approximate surface area is 184 Å². The average molecular weight is 430 g/mol. The molecule has 2 aliphatic rings. The maximum atomic E-state index is 13.8. The summed E-state index contributed by atoms with van der Waals surface area (Å²) in [5, 5.41) is 8.98. The van der Waals surface area contributed by atoms with Crippen molar-refractivity contribution in [1.82, 2.24) is 34.3 Å².